The van der Waals surface area contributed by atoms with Gasteiger partial charge in [0.1, 0.15) is 11.6 Å². The lowest BCUT2D eigenvalue weighted by Gasteiger charge is -2.21. The Hall–Kier alpha value is -1.58. The van der Waals surface area contributed by atoms with Crippen molar-refractivity contribution in [2.75, 3.05) is 33.3 Å². The zero-order valence-corrected chi connectivity index (χ0v) is 19.4. The lowest BCUT2D eigenvalue weighted by Crippen LogP contribution is -2.45. The molecule has 1 aliphatic heterocycles. The third-order valence-corrected chi connectivity index (χ3v) is 5.46. The van der Waals surface area contributed by atoms with E-state index in [4.69, 9.17) is 4.74 Å². The molecule has 8 heteroatoms. The van der Waals surface area contributed by atoms with Crippen LogP contribution in [0.1, 0.15) is 38.5 Å². The van der Waals surface area contributed by atoms with Gasteiger partial charge in [-0.1, -0.05) is 12.8 Å². The maximum Gasteiger partial charge on any atom is 0.225 e. The Balaban J connectivity index is 0.00000300. The second-order valence-corrected chi connectivity index (χ2v) is 7.55. The summed E-state index contributed by atoms with van der Waals surface area (Å²) < 4.78 is 18.5. The molecule has 0 bridgehead atoms. The van der Waals surface area contributed by atoms with Gasteiger partial charge < -0.3 is 20.3 Å². The van der Waals surface area contributed by atoms with Crippen LogP contribution in [0.3, 0.4) is 0 Å². The van der Waals surface area contributed by atoms with Gasteiger partial charge in [-0.25, -0.2) is 4.39 Å². The molecule has 6 nitrogen and oxygen atoms in total. The standard InChI is InChI=1S/C21H31FN4O2.HI/c1-23-21(24-12-4-14-28-19-9-7-17(22)8-10-19)25-18-11-13-26(15-18)20(27)16-5-2-3-6-16;/h7-10,16,18H,2-6,11-15H2,1H3,(H2,23,24,25);1H. The molecular weight excluding hydrogens is 486 g/mol. The van der Waals surface area contributed by atoms with Crippen molar-refractivity contribution in [2.45, 2.75) is 44.6 Å². The van der Waals surface area contributed by atoms with E-state index in [9.17, 15) is 9.18 Å². The molecule has 1 atom stereocenters. The number of halogens is 2. The van der Waals surface area contributed by atoms with E-state index in [1.807, 2.05) is 4.90 Å². The van der Waals surface area contributed by atoms with Gasteiger partial charge in [0.05, 0.1) is 6.61 Å². The number of hydrogen-bond donors (Lipinski definition) is 2. The lowest BCUT2D eigenvalue weighted by molar-refractivity contribution is -0.134. The Morgan fingerprint density at radius 2 is 1.97 bits per heavy atom. The average Bonchev–Trinajstić information content (AvgIpc) is 3.40. The third-order valence-electron chi connectivity index (χ3n) is 5.46. The lowest BCUT2D eigenvalue weighted by atomic mass is 10.1. The first-order chi connectivity index (χ1) is 13.7. The van der Waals surface area contributed by atoms with E-state index >= 15 is 0 Å². The predicted molar refractivity (Wildman–Crippen MR) is 123 cm³/mol. The number of carbonyl (C=O) groups excluding carboxylic acids is 1. The Bertz CT molecular complexity index is 665. The fourth-order valence-electron chi connectivity index (χ4n) is 3.90. The van der Waals surface area contributed by atoms with Gasteiger partial charge in [0, 0.05) is 38.6 Å². The summed E-state index contributed by atoms with van der Waals surface area (Å²) in [5, 5.41) is 6.70. The normalized spacial score (nSPS) is 19.7. The fourth-order valence-corrected chi connectivity index (χ4v) is 3.90. The number of ether oxygens (including phenoxy) is 1. The van der Waals surface area contributed by atoms with Crippen LogP contribution in [0.15, 0.2) is 29.3 Å². The van der Waals surface area contributed by atoms with Gasteiger partial charge in [0.2, 0.25) is 5.91 Å². The minimum Gasteiger partial charge on any atom is -0.494 e. The Kier molecular flexibility index (Phi) is 9.96. The summed E-state index contributed by atoms with van der Waals surface area (Å²) in [6.07, 6.45) is 6.23. The highest BCUT2D eigenvalue weighted by molar-refractivity contribution is 14.0. The van der Waals surface area contributed by atoms with E-state index in [1.165, 1.54) is 25.0 Å². The van der Waals surface area contributed by atoms with Crippen molar-refractivity contribution in [2.24, 2.45) is 10.9 Å². The largest absolute Gasteiger partial charge is 0.494 e. The molecule has 2 N–H and O–H groups in total. The molecular formula is C21H32FIN4O2. The van der Waals surface area contributed by atoms with Crippen molar-refractivity contribution in [1.29, 1.82) is 0 Å². The molecule has 1 saturated heterocycles. The number of nitrogens with zero attached hydrogens (tertiary/aromatic N) is 2. The number of benzene rings is 1. The van der Waals surface area contributed by atoms with Crippen LogP contribution in [0.5, 0.6) is 5.75 Å². The maximum atomic E-state index is 12.9. The van der Waals surface area contributed by atoms with E-state index in [0.29, 0.717) is 18.3 Å². The summed E-state index contributed by atoms with van der Waals surface area (Å²) in [5.74, 6) is 1.74. The van der Waals surface area contributed by atoms with Crippen molar-refractivity contribution in [3.05, 3.63) is 30.1 Å². The molecule has 162 valence electrons. The second-order valence-electron chi connectivity index (χ2n) is 7.55. The first kappa shape index (κ1) is 23.7. The number of guanidine groups is 1. The number of rotatable bonds is 7. The summed E-state index contributed by atoms with van der Waals surface area (Å²) in [6.45, 7) is 2.85. The van der Waals surface area contributed by atoms with Gasteiger partial charge in [-0.05, 0) is 49.9 Å². The third kappa shape index (κ3) is 7.31. The molecule has 0 spiro atoms. The van der Waals surface area contributed by atoms with E-state index < -0.39 is 0 Å². The van der Waals surface area contributed by atoms with Crippen molar-refractivity contribution in [1.82, 2.24) is 15.5 Å². The van der Waals surface area contributed by atoms with Crippen LogP contribution < -0.4 is 15.4 Å². The molecule has 1 saturated carbocycles. The van der Waals surface area contributed by atoms with E-state index in [1.54, 1.807) is 19.2 Å². The first-order valence-electron chi connectivity index (χ1n) is 10.3. The highest BCUT2D eigenvalue weighted by Crippen LogP contribution is 2.27. The van der Waals surface area contributed by atoms with Crippen LogP contribution in [0.25, 0.3) is 0 Å². The molecule has 2 aliphatic rings. The van der Waals surface area contributed by atoms with Gasteiger partial charge in [-0.2, -0.15) is 0 Å². The van der Waals surface area contributed by atoms with Gasteiger partial charge >= 0.3 is 0 Å². The van der Waals surface area contributed by atoms with Crippen LogP contribution in [0.2, 0.25) is 0 Å². The van der Waals surface area contributed by atoms with Crippen molar-refractivity contribution >= 4 is 35.8 Å². The zero-order chi connectivity index (χ0) is 19.8. The van der Waals surface area contributed by atoms with E-state index in [0.717, 1.165) is 51.3 Å². The molecule has 29 heavy (non-hydrogen) atoms. The summed E-state index contributed by atoms with van der Waals surface area (Å²) >= 11 is 0. The quantitative estimate of drug-likeness (QED) is 0.252. The van der Waals surface area contributed by atoms with Crippen molar-refractivity contribution in [3.63, 3.8) is 0 Å². The van der Waals surface area contributed by atoms with Crippen LogP contribution in [-0.2, 0) is 4.79 Å². The summed E-state index contributed by atoms with van der Waals surface area (Å²) in [7, 11) is 1.75. The molecule has 1 aromatic carbocycles. The molecule has 1 heterocycles. The van der Waals surface area contributed by atoms with Gasteiger partial charge in [0.25, 0.3) is 0 Å². The Morgan fingerprint density at radius 3 is 2.66 bits per heavy atom. The predicted octanol–water partition coefficient (Wildman–Crippen LogP) is 3.17. The first-order valence-corrected chi connectivity index (χ1v) is 10.3. The molecule has 0 radical (unpaired) electrons. The molecule has 1 amide bonds. The molecule has 2 fully saturated rings. The van der Waals surface area contributed by atoms with Crippen molar-refractivity contribution < 1.29 is 13.9 Å². The van der Waals surface area contributed by atoms with Crippen molar-refractivity contribution in [3.8, 4) is 5.75 Å². The number of nitrogens with one attached hydrogen (secondary N) is 2. The van der Waals surface area contributed by atoms with Crippen LogP contribution in [0.4, 0.5) is 4.39 Å². The monoisotopic (exact) mass is 518 g/mol. The summed E-state index contributed by atoms with van der Waals surface area (Å²) in [5.41, 5.74) is 0. The topological polar surface area (TPSA) is 66.0 Å². The average molecular weight is 518 g/mol. The van der Waals surface area contributed by atoms with Gasteiger partial charge in [-0.3, -0.25) is 9.79 Å². The molecule has 3 rings (SSSR count). The van der Waals surface area contributed by atoms with E-state index in [-0.39, 0.29) is 41.8 Å². The number of carbonyl (C=O) groups is 1. The number of aliphatic imine (C=N–C) groups is 1. The summed E-state index contributed by atoms with van der Waals surface area (Å²) in [4.78, 5) is 18.8. The maximum absolute atomic E-state index is 12.9. The zero-order valence-electron chi connectivity index (χ0n) is 17.0. The highest BCUT2D eigenvalue weighted by Gasteiger charge is 2.32. The van der Waals surface area contributed by atoms with Crippen LogP contribution in [-0.4, -0.2) is 56.1 Å². The van der Waals surface area contributed by atoms with E-state index in [2.05, 4.69) is 15.6 Å². The Labute approximate surface area is 189 Å². The number of hydrogen-bond acceptors (Lipinski definition) is 3. The SMILES string of the molecule is CN=C(NCCCOc1ccc(F)cc1)NC1CCN(C(=O)C2CCCC2)C1.I. The minimum absolute atomic E-state index is 0. The number of amides is 1. The Morgan fingerprint density at radius 1 is 1.24 bits per heavy atom. The molecule has 1 aromatic rings. The van der Waals surface area contributed by atoms with Crippen LogP contribution >= 0.6 is 24.0 Å². The fraction of sp³-hybridized carbons (Fsp3) is 0.619. The second kappa shape index (κ2) is 12.2. The van der Waals surface area contributed by atoms with Crippen LogP contribution in [0, 0.1) is 11.7 Å². The number of likely N-dealkylation sites (tertiary alicyclic amines) is 1. The molecule has 0 aromatic heterocycles. The molecule has 1 aliphatic carbocycles. The van der Waals surface area contributed by atoms with Gasteiger partial charge in [0.15, 0.2) is 5.96 Å². The molecule has 1 unspecified atom stereocenters. The smallest absolute Gasteiger partial charge is 0.225 e. The highest BCUT2D eigenvalue weighted by atomic mass is 127. The minimum atomic E-state index is -0.265. The summed E-state index contributed by atoms with van der Waals surface area (Å²) in [6, 6.07) is 6.28. The van der Waals surface area contributed by atoms with Gasteiger partial charge in [-0.15, -0.1) is 24.0 Å².